The van der Waals surface area contributed by atoms with Gasteiger partial charge in [0.2, 0.25) is 0 Å². The summed E-state index contributed by atoms with van der Waals surface area (Å²) in [5.74, 6) is 2.55. The Balaban J connectivity index is 1.37. The van der Waals surface area contributed by atoms with E-state index in [2.05, 4.69) is 35.2 Å². The smallest absolute Gasteiger partial charge is 0.0743 e. The molecule has 5 aliphatic rings. The zero-order valence-corrected chi connectivity index (χ0v) is 15.9. The molecular formula is C24H33NO. The lowest BCUT2D eigenvalue weighted by Crippen LogP contribution is -2.63. The Hall–Kier alpha value is -0.860. The number of hydrogen-bond donors (Lipinski definition) is 0. The van der Waals surface area contributed by atoms with Crippen molar-refractivity contribution in [1.29, 1.82) is 0 Å². The SMILES string of the molecule is c1ccc(C2CC3OC4CCCCC4N4C5CCCCC5C(C2)C34)cc1. The van der Waals surface area contributed by atoms with Crippen LogP contribution >= 0.6 is 0 Å². The first-order chi connectivity index (χ1) is 12.9. The predicted molar refractivity (Wildman–Crippen MR) is 104 cm³/mol. The van der Waals surface area contributed by atoms with Crippen molar-refractivity contribution in [2.75, 3.05) is 0 Å². The van der Waals surface area contributed by atoms with Gasteiger partial charge in [0.15, 0.2) is 0 Å². The maximum Gasteiger partial charge on any atom is 0.0743 e. The van der Waals surface area contributed by atoms with Crippen molar-refractivity contribution in [2.24, 2.45) is 11.8 Å². The Morgan fingerprint density at radius 1 is 0.731 bits per heavy atom. The van der Waals surface area contributed by atoms with E-state index in [9.17, 15) is 0 Å². The molecule has 8 atom stereocenters. The summed E-state index contributed by atoms with van der Waals surface area (Å²) in [4.78, 5) is 3.08. The van der Waals surface area contributed by atoms with Gasteiger partial charge >= 0.3 is 0 Å². The predicted octanol–water partition coefficient (Wildman–Crippen LogP) is 5.13. The second-order valence-electron chi connectivity index (χ2n) is 9.76. The summed E-state index contributed by atoms with van der Waals surface area (Å²) in [5.41, 5.74) is 1.56. The molecule has 26 heavy (non-hydrogen) atoms. The first-order valence-electron chi connectivity index (χ1n) is 11.4. The second-order valence-corrected chi connectivity index (χ2v) is 9.76. The molecule has 5 fully saturated rings. The second kappa shape index (κ2) is 6.34. The van der Waals surface area contributed by atoms with Gasteiger partial charge in [-0.2, -0.15) is 0 Å². The third-order valence-electron chi connectivity index (χ3n) is 8.62. The van der Waals surface area contributed by atoms with Crippen molar-refractivity contribution in [3.8, 4) is 0 Å². The fraction of sp³-hybridized carbons (Fsp3) is 0.750. The van der Waals surface area contributed by atoms with Crippen LogP contribution in [0.15, 0.2) is 30.3 Å². The fourth-order valence-corrected chi connectivity index (χ4v) is 7.73. The highest BCUT2D eigenvalue weighted by Gasteiger charge is 2.60. The Kier molecular flexibility index (Phi) is 3.93. The summed E-state index contributed by atoms with van der Waals surface area (Å²) in [6, 6.07) is 13.7. The molecule has 3 aliphatic carbocycles. The molecule has 2 saturated heterocycles. The first-order valence-corrected chi connectivity index (χ1v) is 11.4. The van der Waals surface area contributed by atoms with Crippen molar-refractivity contribution in [1.82, 2.24) is 4.90 Å². The molecule has 140 valence electrons. The van der Waals surface area contributed by atoms with E-state index in [1.165, 1.54) is 64.2 Å². The minimum Gasteiger partial charge on any atom is -0.372 e. The topological polar surface area (TPSA) is 12.5 Å². The van der Waals surface area contributed by atoms with Crippen molar-refractivity contribution in [3.63, 3.8) is 0 Å². The normalized spacial score (nSPS) is 47.7. The number of hydrogen-bond acceptors (Lipinski definition) is 2. The van der Waals surface area contributed by atoms with Gasteiger partial charge in [0.05, 0.1) is 12.2 Å². The van der Waals surface area contributed by atoms with E-state index in [4.69, 9.17) is 4.74 Å². The molecule has 2 heterocycles. The van der Waals surface area contributed by atoms with Gasteiger partial charge in [-0.15, -0.1) is 0 Å². The van der Waals surface area contributed by atoms with Crippen LogP contribution in [0, 0.1) is 11.8 Å². The molecule has 3 saturated carbocycles. The molecule has 0 spiro atoms. The number of ether oxygens (including phenoxy) is 1. The molecular weight excluding hydrogens is 318 g/mol. The average molecular weight is 352 g/mol. The lowest BCUT2D eigenvalue weighted by molar-refractivity contribution is -0.179. The summed E-state index contributed by atoms with van der Waals surface area (Å²) in [7, 11) is 0. The third kappa shape index (κ3) is 2.37. The van der Waals surface area contributed by atoms with E-state index in [1.54, 1.807) is 5.56 Å². The Labute approximate surface area is 158 Å². The first kappa shape index (κ1) is 16.1. The quantitative estimate of drug-likeness (QED) is 0.695. The van der Waals surface area contributed by atoms with Crippen LogP contribution in [0.5, 0.6) is 0 Å². The molecule has 6 rings (SSSR count). The van der Waals surface area contributed by atoms with Gasteiger partial charge in [-0.05, 0) is 61.8 Å². The highest BCUT2D eigenvalue weighted by molar-refractivity contribution is 5.23. The highest BCUT2D eigenvalue weighted by Crippen LogP contribution is 2.56. The van der Waals surface area contributed by atoms with Gasteiger partial charge in [0.1, 0.15) is 0 Å². The van der Waals surface area contributed by atoms with Crippen LogP contribution in [0.3, 0.4) is 0 Å². The van der Waals surface area contributed by atoms with Crippen molar-refractivity contribution < 1.29 is 4.74 Å². The summed E-state index contributed by atoms with van der Waals surface area (Å²) < 4.78 is 6.89. The number of nitrogens with zero attached hydrogens (tertiary/aromatic N) is 1. The molecule has 8 unspecified atom stereocenters. The molecule has 0 aromatic heterocycles. The zero-order valence-electron chi connectivity index (χ0n) is 15.9. The van der Waals surface area contributed by atoms with Gasteiger partial charge in [0.25, 0.3) is 0 Å². The number of morpholine rings is 1. The van der Waals surface area contributed by atoms with Crippen LogP contribution in [0.25, 0.3) is 0 Å². The molecule has 0 N–H and O–H groups in total. The maximum atomic E-state index is 6.89. The summed E-state index contributed by atoms with van der Waals surface area (Å²) >= 11 is 0. The third-order valence-corrected chi connectivity index (χ3v) is 8.62. The van der Waals surface area contributed by atoms with Crippen molar-refractivity contribution in [3.05, 3.63) is 35.9 Å². The van der Waals surface area contributed by atoms with Gasteiger partial charge in [-0.25, -0.2) is 0 Å². The molecule has 0 amide bonds. The number of fused-ring (bicyclic) bond motifs is 5. The summed E-state index contributed by atoms with van der Waals surface area (Å²) in [6.45, 7) is 0. The van der Waals surface area contributed by atoms with E-state index < -0.39 is 0 Å². The lowest BCUT2D eigenvalue weighted by atomic mass is 9.67. The largest absolute Gasteiger partial charge is 0.372 e. The van der Waals surface area contributed by atoms with Crippen LogP contribution in [0.4, 0.5) is 0 Å². The van der Waals surface area contributed by atoms with Crippen LogP contribution in [-0.2, 0) is 4.74 Å². The average Bonchev–Trinajstić information content (AvgIpc) is 3.05. The standard InChI is InChI=1S/C24H33NO/c1-2-8-16(9-3-1)17-14-19-18-10-4-5-11-20(18)25-21-12-6-7-13-22(21)26-23(15-17)24(19)25/h1-3,8-9,17-24H,4-7,10-15H2. The molecule has 2 heteroatoms. The zero-order chi connectivity index (χ0) is 17.1. The Bertz CT molecular complexity index is 645. The van der Waals surface area contributed by atoms with Crippen LogP contribution in [-0.4, -0.2) is 35.2 Å². The molecule has 2 nitrogen and oxygen atoms in total. The van der Waals surface area contributed by atoms with E-state index >= 15 is 0 Å². The van der Waals surface area contributed by atoms with Gasteiger partial charge in [-0.1, -0.05) is 56.0 Å². The summed E-state index contributed by atoms with van der Waals surface area (Å²) in [5, 5.41) is 0. The van der Waals surface area contributed by atoms with Gasteiger partial charge < -0.3 is 4.74 Å². The van der Waals surface area contributed by atoms with Gasteiger partial charge in [-0.3, -0.25) is 4.90 Å². The summed E-state index contributed by atoms with van der Waals surface area (Å²) in [6.07, 6.45) is 15.1. The molecule has 0 radical (unpaired) electrons. The molecule has 2 aliphatic heterocycles. The van der Waals surface area contributed by atoms with Crippen LogP contribution in [0.1, 0.15) is 75.7 Å². The molecule has 1 aromatic rings. The van der Waals surface area contributed by atoms with E-state index in [1.807, 2.05) is 0 Å². The number of rotatable bonds is 1. The number of benzene rings is 1. The van der Waals surface area contributed by atoms with Crippen LogP contribution in [0.2, 0.25) is 0 Å². The minimum atomic E-state index is 0.490. The Morgan fingerprint density at radius 2 is 1.50 bits per heavy atom. The van der Waals surface area contributed by atoms with Crippen LogP contribution < -0.4 is 0 Å². The van der Waals surface area contributed by atoms with E-state index in [0.717, 1.165) is 30.0 Å². The fourth-order valence-electron chi connectivity index (χ4n) is 7.73. The Morgan fingerprint density at radius 3 is 2.38 bits per heavy atom. The molecule has 0 bridgehead atoms. The van der Waals surface area contributed by atoms with Gasteiger partial charge in [0, 0.05) is 18.1 Å². The maximum absolute atomic E-state index is 6.89. The van der Waals surface area contributed by atoms with E-state index in [-0.39, 0.29) is 0 Å². The highest BCUT2D eigenvalue weighted by atomic mass is 16.5. The minimum absolute atomic E-state index is 0.490. The van der Waals surface area contributed by atoms with E-state index in [0.29, 0.717) is 18.1 Å². The van der Waals surface area contributed by atoms with Crippen molar-refractivity contribution in [2.45, 2.75) is 100 Å². The van der Waals surface area contributed by atoms with Crippen molar-refractivity contribution >= 4 is 0 Å². The molecule has 1 aromatic carbocycles. The lowest BCUT2D eigenvalue weighted by Gasteiger charge is -2.54. The monoisotopic (exact) mass is 351 g/mol.